The Balaban J connectivity index is 1.40. The molecule has 0 spiro atoms. The highest BCUT2D eigenvalue weighted by molar-refractivity contribution is 7.99. The number of thioether (sulfide) groups is 1. The summed E-state index contributed by atoms with van der Waals surface area (Å²) in [5.41, 5.74) is 3.84. The van der Waals surface area contributed by atoms with Crippen LogP contribution < -0.4 is 10.2 Å². The Morgan fingerprint density at radius 2 is 2.00 bits per heavy atom. The van der Waals surface area contributed by atoms with Crippen LogP contribution in [0.15, 0.2) is 29.4 Å². The van der Waals surface area contributed by atoms with E-state index in [0.29, 0.717) is 18.2 Å². The van der Waals surface area contributed by atoms with E-state index < -0.39 is 0 Å². The summed E-state index contributed by atoms with van der Waals surface area (Å²) in [5.74, 6) is 0.405. The molecular formula is C23H30N4O2S. The lowest BCUT2D eigenvalue weighted by atomic mass is 9.95. The van der Waals surface area contributed by atoms with Crippen molar-refractivity contribution < 1.29 is 9.59 Å². The van der Waals surface area contributed by atoms with Crippen molar-refractivity contribution in [1.29, 1.82) is 0 Å². The number of amides is 2. The smallest absolute Gasteiger partial charge is 0.234 e. The third-order valence-corrected chi connectivity index (χ3v) is 7.09. The van der Waals surface area contributed by atoms with Crippen LogP contribution in [0.25, 0.3) is 0 Å². The molecule has 2 heterocycles. The molecule has 2 aliphatic rings. The zero-order valence-corrected chi connectivity index (χ0v) is 18.6. The van der Waals surface area contributed by atoms with Crippen molar-refractivity contribution >= 4 is 35.0 Å². The Kier molecular flexibility index (Phi) is 6.46. The molecule has 0 radical (unpaired) electrons. The van der Waals surface area contributed by atoms with Gasteiger partial charge in [-0.1, -0.05) is 37.1 Å². The van der Waals surface area contributed by atoms with Crippen LogP contribution in [0.3, 0.4) is 0 Å². The van der Waals surface area contributed by atoms with E-state index in [9.17, 15) is 9.59 Å². The SMILES string of the molecule is Cc1nc(SCC(=O)Nc2cccc(N3CCCC3=O)c2)n(C2CCCCC2)c1C. The van der Waals surface area contributed by atoms with E-state index in [1.54, 1.807) is 4.90 Å². The number of hydrogen-bond acceptors (Lipinski definition) is 4. The third kappa shape index (κ3) is 4.56. The molecule has 1 aliphatic carbocycles. The number of aryl methyl sites for hydroxylation is 1. The van der Waals surface area contributed by atoms with Crippen LogP contribution in [0.4, 0.5) is 11.4 Å². The Labute approximate surface area is 182 Å². The molecule has 7 heteroatoms. The predicted molar refractivity (Wildman–Crippen MR) is 121 cm³/mol. The first kappa shape index (κ1) is 21.0. The van der Waals surface area contributed by atoms with Gasteiger partial charge in [0, 0.05) is 36.1 Å². The molecule has 1 aliphatic heterocycles. The first-order chi connectivity index (χ1) is 14.5. The predicted octanol–water partition coefficient (Wildman–Crippen LogP) is 4.86. The van der Waals surface area contributed by atoms with Gasteiger partial charge in [0.15, 0.2) is 5.16 Å². The molecule has 1 saturated carbocycles. The van der Waals surface area contributed by atoms with Gasteiger partial charge in [0.1, 0.15) is 0 Å². The quantitative estimate of drug-likeness (QED) is 0.670. The normalized spacial score (nSPS) is 17.5. The van der Waals surface area contributed by atoms with Gasteiger partial charge < -0.3 is 14.8 Å². The maximum Gasteiger partial charge on any atom is 0.234 e. The molecule has 2 aromatic rings. The highest BCUT2D eigenvalue weighted by Gasteiger charge is 2.23. The molecule has 160 valence electrons. The fourth-order valence-electron chi connectivity index (χ4n) is 4.47. The van der Waals surface area contributed by atoms with Crippen molar-refractivity contribution in [1.82, 2.24) is 9.55 Å². The number of imidazole rings is 1. The van der Waals surface area contributed by atoms with Crippen molar-refractivity contribution in [2.45, 2.75) is 70.0 Å². The van der Waals surface area contributed by atoms with E-state index in [2.05, 4.69) is 16.8 Å². The van der Waals surface area contributed by atoms with Crippen LogP contribution >= 0.6 is 11.8 Å². The van der Waals surface area contributed by atoms with E-state index in [0.717, 1.165) is 35.2 Å². The number of rotatable bonds is 6. The summed E-state index contributed by atoms with van der Waals surface area (Å²) in [5, 5.41) is 3.92. The summed E-state index contributed by atoms with van der Waals surface area (Å²) in [6.45, 7) is 4.92. The Bertz CT molecular complexity index is 933. The van der Waals surface area contributed by atoms with Gasteiger partial charge in [0.05, 0.1) is 11.4 Å². The fraction of sp³-hybridized carbons (Fsp3) is 0.522. The van der Waals surface area contributed by atoms with Crippen LogP contribution in [0, 0.1) is 13.8 Å². The summed E-state index contributed by atoms with van der Waals surface area (Å²) >= 11 is 1.51. The standard InChI is InChI=1S/C23H30N4O2S/c1-16-17(2)27(19-9-4-3-5-10-19)23(24-16)30-15-21(28)25-18-8-6-11-20(14-18)26-13-7-12-22(26)29/h6,8,11,14,19H,3-5,7,9-10,12-13,15H2,1-2H3,(H,25,28). The largest absolute Gasteiger partial charge is 0.325 e. The maximum atomic E-state index is 12.6. The molecular weight excluding hydrogens is 396 g/mol. The van der Waals surface area contributed by atoms with E-state index in [1.807, 2.05) is 31.2 Å². The minimum Gasteiger partial charge on any atom is -0.325 e. The van der Waals surface area contributed by atoms with Crippen LogP contribution in [0.5, 0.6) is 0 Å². The van der Waals surface area contributed by atoms with E-state index >= 15 is 0 Å². The fourth-order valence-corrected chi connectivity index (χ4v) is 5.43. The minimum absolute atomic E-state index is 0.0570. The van der Waals surface area contributed by atoms with Gasteiger partial charge in [-0.25, -0.2) is 4.98 Å². The molecule has 30 heavy (non-hydrogen) atoms. The Morgan fingerprint density at radius 1 is 1.20 bits per heavy atom. The van der Waals surface area contributed by atoms with Gasteiger partial charge in [-0.2, -0.15) is 0 Å². The van der Waals surface area contributed by atoms with E-state index in [-0.39, 0.29) is 11.8 Å². The Hall–Kier alpha value is -2.28. The first-order valence-electron chi connectivity index (χ1n) is 10.9. The molecule has 0 unspecified atom stereocenters. The third-order valence-electron chi connectivity index (χ3n) is 6.14. The maximum absolute atomic E-state index is 12.6. The molecule has 4 rings (SSSR count). The van der Waals surface area contributed by atoms with Crippen molar-refractivity contribution in [3.63, 3.8) is 0 Å². The molecule has 6 nitrogen and oxygen atoms in total. The molecule has 2 amide bonds. The van der Waals surface area contributed by atoms with Gasteiger partial charge in [-0.15, -0.1) is 0 Å². The average Bonchev–Trinajstić information content (AvgIpc) is 3.30. The van der Waals surface area contributed by atoms with Gasteiger partial charge in [0.25, 0.3) is 0 Å². The van der Waals surface area contributed by atoms with E-state index in [1.165, 1.54) is 49.6 Å². The lowest BCUT2D eigenvalue weighted by molar-refractivity contribution is -0.117. The topological polar surface area (TPSA) is 67.2 Å². The number of hydrogen-bond donors (Lipinski definition) is 1. The number of nitrogens with zero attached hydrogens (tertiary/aromatic N) is 3. The average molecular weight is 427 g/mol. The highest BCUT2D eigenvalue weighted by atomic mass is 32.2. The number of aromatic nitrogens is 2. The van der Waals surface area contributed by atoms with Crippen molar-refractivity contribution in [2.75, 3.05) is 22.5 Å². The zero-order chi connectivity index (χ0) is 21.1. The van der Waals surface area contributed by atoms with Crippen molar-refractivity contribution in [2.24, 2.45) is 0 Å². The van der Waals surface area contributed by atoms with Crippen LogP contribution in [-0.4, -0.2) is 33.7 Å². The monoisotopic (exact) mass is 426 g/mol. The number of carbonyl (C=O) groups is 2. The van der Waals surface area contributed by atoms with Gasteiger partial charge >= 0.3 is 0 Å². The molecule has 0 bridgehead atoms. The van der Waals surface area contributed by atoms with Crippen molar-refractivity contribution in [3.8, 4) is 0 Å². The van der Waals surface area contributed by atoms with Crippen LogP contribution in [-0.2, 0) is 9.59 Å². The van der Waals surface area contributed by atoms with Crippen molar-refractivity contribution in [3.05, 3.63) is 35.7 Å². The molecule has 1 saturated heterocycles. The van der Waals surface area contributed by atoms with Crippen LogP contribution in [0.2, 0.25) is 0 Å². The second-order valence-electron chi connectivity index (χ2n) is 8.26. The van der Waals surface area contributed by atoms with Gasteiger partial charge in [-0.3, -0.25) is 9.59 Å². The summed E-state index contributed by atoms with van der Waals surface area (Å²) < 4.78 is 2.35. The number of nitrogens with one attached hydrogen (secondary N) is 1. The van der Waals surface area contributed by atoms with Gasteiger partial charge in [0.2, 0.25) is 11.8 Å². The zero-order valence-electron chi connectivity index (χ0n) is 17.8. The number of anilines is 2. The van der Waals surface area contributed by atoms with Crippen LogP contribution in [0.1, 0.15) is 62.4 Å². The highest BCUT2D eigenvalue weighted by Crippen LogP contribution is 2.34. The Morgan fingerprint density at radius 3 is 2.73 bits per heavy atom. The number of carbonyl (C=O) groups excluding carboxylic acids is 2. The summed E-state index contributed by atoms with van der Waals surface area (Å²) in [4.78, 5) is 31.1. The lowest BCUT2D eigenvalue weighted by Gasteiger charge is -2.26. The first-order valence-corrected chi connectivity index (χ1v) is 11.9. The van der Waals surface area contributed by atoms with E-state index in [4.69, 9.17) is 4.98 Å². The second-order valence-corrected chi connectivity index (χ2v) is 9.21. The minimum atomic E-state index is -0.0570. The molecule has 2 fully saturated rings. The second kappa shape index (κ2) is 9.25. The number of benzene rings is 1. The summed E-state index contributed by atoms with van der Waals surface area (Å²) in [6.07, 6.45) is 7.72. The summed E-state index contributed by atoms with van der Waals surface area (Å²) in [7, 11) is 0. The molecule has 1 aromatic carbocycles. The van der Waals surface area contributed by atoms with Gasteiger partial charge in [-0.05, 0) is 51.3 Å². The summed E-state index contributed by atoms with van der Waals surface area (Å²) in [6, 6.07) is 8.04. The lowest BCUT2D eigenvalue weighted by Crippen LogP contribution is -2.24. The molecule has 1 N–H and O–H groups in total. The molecule has 0 atom stereocenters. The molecule has 1 aromatic heterocycles.